The maximum atomic E-state index is 12.0. The summed E-state index contributed by atoms with van der Waals surface area (Å²) >= 11 is 12.9. The summed E-state index contributed by atoms with van der Waals surface area (Å²) in [6, 6.07) is 6.92. The second kappa shape index (κ2) is 7.64. The maximum absolute atomic E-state index is 12.0. The second-order valence-corrected chi connectivity index (χ2v) is 6.39. The average Bonchev–Trinajstić information content (AvgIpc) is 2.48. The van der Waals surface area contributed by atoms with Crippen LogP contribution in [-0.2, 0) is 4.79 Å². The van der Waals surface area contributed by atoms with Crippen LogP contribution in [-0.4, -0.2) is 21.6 Å². The lowest BCUT2D eigenvalue weighted by Crippen LogP contribution is -2.14. The molecule has 0 aliphatic carbocycles. The van der Waals surface area contributed by atoms with Gasteiger partial charge in [-0.3, -0.25) is 4.79 Å². The lowest BCUT2D eigenvalue weighted by Gasteiger charge is -2.08. The number of aryl methyl sites for hydroxylation is 2. The molecule has 2 aromatic rings. The first-order valence-corrected chi connectivity index (χ1v) is 8.28. The fourth-order valence-corrected chi connectivity index (χ4v) is 2.99. The number of carbonyl (C=O) groups excluding carboxylic acids is 1. The van der Waals surface area contributed by atoms with Crippen molar-refractivity contribution in [2.24, 2.45) is 0 Å². The first-order chi connectivity index (χ1) is 10.9. The van der Waals surface area contributed by atoms with E-state index in [4.69, 9.17) is 23.2 Å². The molecule has 1 amide bonds. The lowest BCUT2D eigenvalue weighted by molar-refractivity contribution is -0.113. The molecule has 1 aromatic carbocycles. The summed E-state index contributed by atoms with van der Waals surface area (Å²) in [5.41, 5.74) is 1.55. The van der Waals surface area contributed by atoms with E-state index in [0.29, 0.717) is 37.8 Å². The highest BCUT2D eigenvalue weighted by Gasteiger charge is 2.13. The van der Waals surface area contributed by atoms with Crippen LogP contribution in [0.2, 0.25) is 10.0 Å². The summed E-state index contributed by atoms with van der Waals surface area (Å²) in [6.07, 6.45) is 0. The van der Waals surface area contributed by atoms with Gasteiger partial charge >= 0.3 is 0 Å². The number of amides is 1. The van der Waals surface area contributed by atoms with E-state index in [1.807, 2.05) is 0 Å². The number of nitrogens with one attached hydrogen (secondary N) is 1. The van der Waals surface area contributed by atoms with E-state index in [2.05, 4.69) is 21.4 Å². The summed E-state index contributed by atoms with van der Waals surface area (Å²) in [7, 11) is 0. The van der Waals surface area contributed by atoms with Crippen molar-refractivity contribution >= 4 is 46.6 Å². The minimum Gasteiger partial charge on any atom is -0.325 e. The molecule has 1 heterocycles. The molecule has 0 bridgehead atoms. The first-order valence-electron chi connectivity index (χ1n) is 6.53. The zero-order valence-corrected chi connectivity index (χ0v) is 14.7. The maximum Gasteiger partial charge on any atom is 0.234 e. The van der Waals surface area contributed by atoms with Crippen LogP contribution in [0.25, 0.3) is 0 Å². The van der Waals surface area contributed by atoms with Gasteiger partial charge in [-0.1, -0.05) is 35.0 Å². The number of nitrogens with zero attached hydrogens (tertiary/aromatic N) is 3. The largest absolute Gasteiger partial charge is 0.325 e. The highest BCUT2D eigenvalue weighted by molar-refractivity contribution is 8.00. The van der Waals surface area contributed by atoms with Gasteiger partial charge in [0.05, 0.1) is 21.5 Å². The Kier molecular flexibility index (Phi) is 5.83. The molecular weight excluding hydrogens is 355 g/mol. The SMILES string of the molecule is Cc1nc(C)c(C#N)c(SCC(=O)Nc2ccc(Cl)c(Cl)c2)n1. The third kappa shape index (κ3) is 4.58. The van der Waals surface area contributed by atoms with Crippen molar-refractivity contribution in [3.63, 3.8) is 0 Å². The fourth-order valence-electron chi connectivity index (χ4n) is 1.82. The smallest absolute Gasteiger partial charge is 0.234 e. The summed E-state index contributed by atoms with van der Waals surface area (Å²) in [5.74, 6) is 0.449. The Bertz CT molecular complexity index is 805. The van der Waals surface area contributed by atoms with Crippen molar-refractivity contribution in [3.8, 4) is 6.07 Å². The van der Waals surface area contributed by atoms with Gasteiger partial charge in [0, 0.05) is 5.69 Å². The van der Waals surface area contributed by atoms with Gasteiger partial charge in [-0.2, -0.15) is 5.26 Å². The van der Waals surface area contributed by atoms with Crippen LogP contribution in [0.4, 0.5) is 5.69 Å². The molecule has 23 heavy (non-hydrogen) atoms. The highest BCUT2D eigenvalue weighted by atomic mass is 35.5. The molecule has 0 radical (unpaired) electrons. The van der Waals surface area contributed by atoms with Gasteiger partial charge in [0.25, 0.3) is 0 Å². The number of rotatable bonds is 4. The first kappa shape index (κ1) is 17.5. The number of aromatic nitrogens is 2. The molecular formula is C15H12Cl2N4OS. The minimum absolute atomic E-state index is 0.116. The molecule has 1 N–H and O–H groups in total. The molecule has 0 aliphatic rings. The van der Waals surface area contributed by atoms with E-state index < -0.39 is 0 Å². The van der Waals surface area contributed by atoms with Gasteiger partial charge in [0.2, 0.25) is 5.91 Å². The third-order valence-corrected chi connectivity index (χ3v) is 4.54. The summed E-state index contributed by atoms with van der Waals surface area (Å²) < 4.78 is 0. The Labute approximate surface area is 148 Å². The summed E-state index contributed by atoms with van der Waals surface area (Å²) in [6.45, 7) is 3.49. The predicted octanol–water partition coefficient (Wildman–Crippen LogP) is 4.00. The van der Waals surface area contributed by atoms with Gasteiger partial charge in [-0.05, 0) is 32.0 Å². The molecule has 5 nitrogen and oxygen atoms in total. The van der Waals surface area contributed by atoms with E-state index in [-0.39, 0.29) is 11.7 Å². The standard InChI is InChI=1S/C15H12Cl2N4OS/c1-8-11(6-18)15(20-9(2)19-8)23-7-14(22)21-10-3-4-12(16)13(17)5-10/h3-5H,7H2,1-2H3,(H,21,22). The number of carbonyl (C=O) groups is 1. The average molecular weight is 367 g/mol. The second-order valence-electron chi connectivity index (χ2n) is 4.61. The molecule has 1 aromatic heterocycles. The van der Waals surface area contributed by atoms with E-state index >= 15 is 0 Å². The number of hydrogen-bond acceptors (Lipinski definition) is 5. The minimum atomic E-state index is -0.230. The van der Waals surface area contributed by atoms with Crippen LogP contribution in [0.1, 0.15) is 17.1 Å². The van der Waals surface area contributed by atoms with Crippen LogP contribution in [0.5, 0.6) is 0 Å². The van der Waals surface area contributed by atoms with E-state index in [9.17, 15) is 10.1 Å². The molecule has 0 spiro atoms. The Morgan fingerprint density at radius 2 is 2.04 bits per heavy atom. The van der Waals surface area contributed by atoms with Gasteiger partial charge < -0.3 is 5.32 Å². The number of anilines is 1. The van der Waals surface area contributed by atoms with Crippen molar-refractivity contribution in [2.75, 3.05) is 11.1 Å². The number of hydrogen-bond donors (Lipinski definition) is 1. The molecule has 0 atom stereocenters. The molecule has 0 aliphatic heterocycles. The van der Waals surface area contributed by atoms with Crippen molar-refractivity contribution in [3.05, 3.63) is 45.3 Å². The third-order valence-electron chi connectivity index (χ3n) is 2.82. The highest BCUT2D eigenvalue weighted by Crippen LogP contribution is 2.26. The topological polar surface area (TPSA) is 78.7 Å². The van der Waals surface area contributed by atoms with Crippen LogP contribution < -0.4 is 5.32 Å². The number of thioether (sulfide) groups is 1. The Morgan fingerprint density at radius 1 is 1.30 bits per heavy atom. The van der Waals surface area contributed by atoms with Crippen molar-refractivity contribution in [1.82, 2.24) is 9.97 Å². The molecule has 8 heteroatoms. The zero-order valence-electron chi connectivity index (χ0n) is 12.4. The number of nitriles is 1. The van der Waals surface area contributed by atoms with Crippen LogP contribution in [0, 0.1) is 25.2 Å². The Hall–Kier alpha value is -1.81. The monoisotopic (exact) mass is 366 g/mol. The summed E-state index contributed by atoms with van der Waals surface area (Å²) in [5, 5.41) is 13.2. The quantitative estimate of drug-likeness (QED) is 0.653. The molecule has 0 unspecified atom stereocenters. The Balaban J connectivity index is 2.05. The van der Waals surface area contributed by atoms with Crippen LogP contribution in [0.15, 0.2) is 23.2 Å². The van der Waals surface area contributed by atoms with Gasteiger partial charge in [-0.25, -0.2) is 9.97 Å². The molecule has 0 fully saturated rings. The van der Waals surface area contributed by atoms with E-state index in [1.54, 1.807) is 32.0 Å². The van der Waals surface area contributed by atoms with Gasteiger partial charge in [0.15, 0.2) is 0 Å². The van der Waals surface area contributed by atoms with E-state index in [1.165, 1.54) is 11.8 Å². The molecule has 118 valence electrons. The molecule has 2 rings (SSSR count). The zero-order chi connectivity index (χ0) is 17.0. The van der Waals surface area contributed by atoms with Crippen molar-refractivity contribution in [1.29, 1.82) is 5.26 Å². The van der Waals surface area contributed by atoms with Crippen LogP contribution >= 0.6 is 35.0 Å². The van der Waals surface area contributed by atoms with Crippen molar-refractivity contribution in [2.45, 2.75) is 18.9 Å². The van der Waals surface area contributed by atoms with E-state index in [0.717, 1.165) is 0 Å². The summed E-state index contributed by atoms with van der Waals surface area (Å²) in [4.78, 5) is 20.4. The molecule has 0 saturated carbocycles. The number of halogens is 2. The van der Waals surface area contributed by atoms with Gasteiger partial charge in [-0.15, -0.1) is 0 Å². The Morgan fingerprint density at radius 3 is 2.70 bits per heavy atom. The van der Waals surface area contributed by atoms with Gasteiger partial charge in [0.1, 0.15) is 22.5 Å². The normalized spacial score (nSPS) is 10.2. The fraction of sp³-hybridized carbons (Fsp3) is 0.200. The number of benzene rings is 1. The predicted molar refractivity (Wildman–Crippen MR) is 92.0 cm³/mol. The van der Waals surface area contributed by atoms with Crippen molar-refractivity contribution < 1.29 is 4.79 Å². The lowest BCUT2D eigenvalue weighted by atomic mass is 10.3. The van der Waals surface area contributed by atoms with Crippen LogP contribution in [0.3, 0.4) is 0 Å². The molecule has 0 saturated heterocycles.